The van der Waals surface area contributed by atoms with E-state index in [1.54, 1.807) is 11.8 Å². The maximum atomic E-state index is 12.0. The second kappa shape index (κ2) is 11.4. The van der Waals surface area contributed by atoms with Crippen LogP contribution in [0.4, 0.5) is 4.79 Å². The molecular formula is C29H28O6S. The molecule has 6 nitrogen and oxygen atoms in total. The van der Waals surface area contributed by atoms with Crippen LogP contribution in [0.5, 0.6) is 0 Å². The van der Waals surface area contributed by atoms with Crippen LogP contribution in [0.2, 0.25) is 0 Å². The van der Waals surface area contributed by atoms with Crippen molar-refractivity contribution < 1.29 is 29.0 Å². The molecule has 1 heterocycles. The van der Waals surface area contributed by atoms with E-state index in [1.165, 1.54) is 0 Å². The molecule has 0 atom stereocenters. The van der Waals surface area contributed by atoms with E-state index >= 15 is 0 Å². The van der Waals surface area contributed by atoms with E-state index in [0.717, 1.165) is 22.4 Å². The molecule has 1 saturated heterocycles. The van der Waals surface area contributed by atoms with Gasteiger partial charge in [0.25, 0.3) is 0 Å². The zero-order valence-corrected chi connectivity index (χ0v) is 20.6. The molecule has 36 heavy (non-hydrogen) atoms. The van der Waals surface area contributed by atoms with Crippen molar-refractivity contribution in [3.05, 3.63) is 108 Å². The number of aliphatic carboxylic acids is 1. The number of carbonyl (C=O) groups excluding carboxylic acids is 2. The van der Waals surface area contributed by atoms with Crippen LogP contribution in [0.25, 0.3) is 0 Å². The molecular weight excluding hydrogens is 476 g/mol. The van der Waals surface area contributed by atoms with Crippen LogP contribution in [0.3, 0.4) is 0 Å². The van der Waals surface area contributed by atoms with Gasteiger partial charge in [0, 0.05) is 11.8 Å². The molecule has 0 aromatic heterocycles. The molecule has 3 aromatic carbocycles. The summed E-state index contributed by atoms with van der Waals surface area (Å²) in [5.41, 5.74) is 2.60. The number of Topliss-reactive ketones (excluding diaryl/α,β-unsaturated/α-hetero) is 1. The fraction of sp³-hybridized carbons (Fsp3) is 0.276. The van der Waals surface area contributed by atoms with Crippen LogP contribution >= 0.6 is 11.8 Å². The predicted molar refractivity (Wildman–Crippen MR) is 138 cm³/mol. The summed E-state index contributed by atoms with van der Waals surface area (Å²) in [4.78, 5) is 34.7. The summed E-state index contributed by atoms with van der Waals surface area (Å²) in [5, 5.41) is 9.13. The second-order valence-corrected chi connectivity index (χ2v) is 10.3. The zero-order chi connectivity index (χ0) is 25.4. The number of hydrogen-bond donors (Lipinski definition) is 1. The molecule has 1 aliphatic rings. The highest BCUT2D eigenvalue weighted by atomic mass is 32.2. The minimum atomic E-state index is -1.49. The average molecular weight is 505 g/mol. The summed E-state index contributed by atoms with van der Waals surface area (Å²) in [6, 6.07) is 31.0. The average Bonchev–Trinajstić information content (AvgIpc) is 2.92. The van der Waals surface area contributed by atoms with Crippen LogP contribution in [0.1, 0.15) is 36.0 Å². The second-order valence-electron chi connectivity index (χ2n) is 8.96. The maximum Gasteiger partial charge on any atom is 0.508 e. The summed E-state index contributed by atoms with van der Waals surface area (Å²) in [6.45, 7) is -0.0621. The van der Waals surface area contributed by atoms with Crippen LogP contribution in [-0.2, 0) is 23.8 Å². The lowest BCUT2D eigenvalue weighted by Gasteiger charge is -2.37. The van der Waals surface area contributed by atoms with Crippen molar-refractivity contribution in [2.45, 2.75) is 24.0 Å². The van der Waals surface area contributed by atoms with Gasteiger partial charge in [-0.15, -0.1) is 11.8 Å². The van der Waals surface area contributed by atoms with Crippen LogP contribution in [-0.4, -0.2) is 42.0 Å². The molecule has 0 spiro atoms. The molecule has 0 bridgehead atoms. The Hall–Kier alpha value is -3.58. The lowest BCUT2D eigenvalue weighted by atomic mass is 9.80. The van der Waals surface area contributed by atoms with Gasteiger partial charge in [-0.05, 0) is 35.3 Å². The van der Waals surface area contributed by atoms with E-state index < -0.39 is 28.1 Å². The third-order valence-corrected chi connectivity index (χ3v) is 8.11. The number of benzene rings is 3. The van der Waals surface area contributed by atoms with Gasteiger partial charge >= 0.3 is 12.1 Å². The number of ketones is 1. The van der Waals surface area contributed by atoms with Gasteiger partial charge in [0.05, 0.1) is 4.75 Å². The first-order valence-electron chi connectivity index (χ1n) is 11.8. The summed E-state index contributed by atoms with van der Waals surface area (Å²) >= 11 is 1.79. The van der Waals surface area contributed by atoms with Gasteiger partial charge in [-0.1, -0.05) is 91.0 Å². The normalized spacial score (nSPS) is 14.9. The number of cyclic esters (lactones) is 2. The van der Waals surface area contributed by atoms with E-state index in [0.29, 0.717) is 12.8 Å². The minimum absolute atomic E-state index is 0.0310. The Labute approximate surface area is 214 Å². The van der Waals surface area contributed by atoms with Crippen LogP contribution in [0.15, 0.2) is 91.0 Å². The van der Waals surface area contributed by atoms with Crippen molar-refractivity contribution >= 4 is 29.7 Å². The number of ether oxygens (including phenoxy) is 2. The van der Waals surface area contributed by atoms with Crippen molar-refractivity contribution in [1.82, 2.24) is 0 Å². The number of carboxylic acids is 1. The molecule has 1 N–H and O–H groups in total. The maximum absolute atomic E-state index is 12.0. The molecule has 3 aromatic rings. The Morgan fingerprint density at radius 3 is 1.67 bits per heavy atom. The highest BCUT2D eigenvalue weighted by Gasteiger charge is 2.41. The predicted octanol–water partition coefficient (Wildman–Crippen LogP) is 5.69. The van der Waals surface area contributed by atoms with E-state index in [-0.39, 0.29) is 19.6 Å². The first kappa shape index (κ1) is 25.5. The van der Waals surface area contributed by atoms with Gasteiger partial charge in [0.2, 0.25) is 5.78 Å². The van der Waals surface area contributed by atoms with Gasteiger partial charge in [0.15, 0.2) is 0 Å². The molecule has 1 fully saturated rings. The van der Waals surface area contributed by atoms with Crippen molar-refractivity contribution in [2.24, 2.45) is 5.41 Å². The smallest absolute Gasteiger partial charge is 0.476 e. The molecule has 0 radical (unpaired) electrons. The van der Waals surface area contributed by atoms with Gasteiger partial charge in [0.1, 0.15) is 13.2 Å². The molecule has 0 saturated carbocycles. The molecule has 0 unspecified atom stereocenters. The summed E-state index contributed by atoms with van der Waals surface area (Å²) in [6.07, 6.45) is 0.133. The lowest BCUT2D eigenvalue weighted by Crippen LogP contribution is -2.42. The number of carboxylic acid groups (broad SMARTS) is 1. The third-order valence-electron chi connectivity index (χ3n) is 6.48. The van der Waals surface area contributed by atoms with Gasteiger partial charge in [-0.2, -0.15) is 0 Å². The van der Waals surface area contributed by atoms with Crippen molar-refractivity contribution in [2.75, 3.05) is 19.0 Å². The summed E-state index contributed by atoms with van der Waals surface area (Å²) in [7, 11) is 0. The van der Waals surface area contributed by atoms with E-state index in [4.69, 9.17) is 14.6 Å². The molecule has 0 amide bonds. The number of thioether (sulfide) groups is 1. The molecule has 4 rings (SSSR count). The largest absolute Gasteiger partial charge is 0.508 e. The van der Waals surface area contributed by atoms with Crippen molar-refractivity contribution in [1.29, 1.82) is 0 Å². The molecule has 186 valence electrons. The standard InChI is InChI=1S/C29H28O6S/c30-25(26(31)32)19-28(20-34-27(33)35-21-28)17-10-18-36-29(22-11-4-1-5-12-22,23-13-6-2-7-14-23)24-15-8-3-9-16-24/h1-9,11-16H,10,17-21H2,(H,31,32). The Morgan fingerprint density at radius 2 is 1.25 bits per heavy atom. The Balaban J connectivity index is 1.61. The molecule has 7 heteroatoms. The topological polar surface area (TPSA) is 89.9 Å². The monoisotopic (exact) mass is 504 g/mol. The van der Waals surface area contributed by atoms with Gasteiger partial charge in [-0.25, -0.2) is 9.59 Å². The Bertz CT molecular complexity index is 1070. The number of hydrogen-bond acceptors (Lipinski definition) is 6. The van der Waals surface area contributed by atoms with Gasteiger partial charge in [-0.3, -0.25) is 4.79 Å². The quantitative estimate of drug-likeness (QED) is 0.155. The van der Waals surface area contributed by atoms with E-state index in [9.17, 15) is 14.4 Å². The third kappa shape index (κ3) is 5.62. The first-order chi connectivity index (χ1) is 17.5. The summed E-state index contributed by atoms with van der Waals surface area (Å²) in [5.74, 6) is -1.68. The first-order valence-corrected chi connectivity index (χ1v) is 12.8. The van der Waals surface area contributed by atoms with Crippen LogP contribution < -0.4 is 0 Å². The Morgan fingerprint density at radius 1 is 0.806 bits per heavy atom. The highest BCUT2D eigenvalue weighted by Crippen LogP contribution is 2.49. The zero-order valence-electron chi connectivity index (χ0n) is 19.8. The van der Waals surface area contributed by atoms with Crippen molar-refractivity contribution in [3.8, 4) is 0 Å². The van der Waals surface area contributed by atoms with Crippen LogP contribution in [0, 0.1) is 5.41 Å². The van der Waals surface area contributed by atoms with E-state index in [1.807, 2.05) is 54.6 Å². The van der Waals surface area contributed by atoms with Crippen molar-refractivity contribution in [3.63, 3.8) is 0 Å². The fourth-order valence-corrected chi connectivity index (χ4v) is 6.20. The summed E-state index contributed by atoms with van der Waals surface area (Å²) < 4.78 is 9.67. The van der Waals surface area contributed by atoms with Gasteiger partial charge < -0.3 is 14.6 Å². The molecule has 1 aliphatic heterocycles. The Kier molecular flexibility index (Phi) is 8.10. The SMILES string of the molecule is O=C1OCC(CCCSC(c2ccccc2)(c2ccccc2)c2ccccc2)(CC(=O)C(=O)O)CO1. The fourth-order valence-electron chi connectivity index (χ4n) is 4.70. The number of rotatable bonds is 11. The molecule has 0 aliphatic carbocycles. The lowest BCUT2D eigenvalue weighted by molar-refractivity contribution is -0.152. The highest BCUT2D eigenvalue weighted by molar-refractivity contribution is 8.00. The number of carbonyl (C=O) groups is 3. The van der Waals surface area contributed by atoms with E-state index in [2.05, 4.69) is 36.4 Å². The minimum Gasteiger partial charge on any atom is -0.476 e.